The molecule has 0 saturated heterocycles. The van der Waals surface area contributed by atoms with Gasteiger partial charge in [-0.1, -0.05) is 24.1 Å². The van der Waals surface area contributed by atoms with Crippen molar-refractivity contribution in [2.45, 2.75) is 38.5 Å². The fourth-order valence-corrected chi connectivity index (χ4v) is 2.73. The van der Waals surface area contributed by atoms with Gasteiger partial charge in [0.25, 0.3) is 0 Å². The number of hydrogen-bond acceptors (Lipinski definition) is 7. The van der Waals surface area contributed by atoms with Crippen LogP contribution in [0.25, 0.3) is 0 Å². The number of nitrogens with zero attached hydrogens (tertiary/aromatic N) is 1. The first kappa shape index (κ1) is 26.5. The molecule has 0 fully saturated rings. The van der Waals surface area contributed by atoms with Gasteiger partial charge in [-0.15, -0.1) is 6.42 Å². The maximum atomic E-state index is 13.1. The molecule has 174 valence electrons. The van der Waals surface area contributed by atoms with Gasteiger partial charge in [0.05, 0.1) is 13.7 Å². The third kappa shape index (κ3) is 7.59. The van der Waals surface area contributed by atoms with E-state index in [0.29, 0.717) is 11.1 Å². The van der Waals surface area contributed by atoms with Crippen LogP contribution in [-0.2, 0) is 23.9 Å². The van der Waals surface area contributed by atoms with Crippen molar-refractivity contribution in [2.24, 2.45) is 0 Å². The van der Waals surface area contributed by atoms with E-state index in [-0.39, 0.29) is 0 Å². The van der Waals surface area contributed by atoms with E-state index in [2.05, 4.69) is 21.3 Å². The Morgan fingerprint density at radius 2 is 1.84 bits per heavy atom. The zero-order chi connectivity index (χ0) is 24.5. The summed E-state index contributed by atoms with van der Waals surface area (Å²) in [6, 6.07) is 3.83. The average Bonchev–Trinajstić information content (AvgIpc) is 2.74. The van der Waals surface area contributed by atoms with Crippen LogP contribution in [0, 0.1) is 12.3 Å². The lowest BCUT2D eigenvalue weighted by atomic mass is 9.98. The third-order valence-electron chi connectivity index (χ3n) is 4.20. The summed E-state index contributed by atoms with van der Waals surface area (Å²) in [5, 5.41) is 14.4. The summed E-state index contributed by atoms with van der Waals surface area (Å²) in [6.07, 6.45) is 4.64. The Morgan fingerprint density at radius 3 is 2.38 bits per heavy atom. The largest absolute Gasteiger partial charge is 0.468 e. The summed E-state index contributed by atoms with van der Waals surface area (Å²) in [5.74, 6) is 0.289. The summed E-state index contributed by atoms with van der Waals surface area (Å²) in [7, 11) is 2.49. The zero-order valence-corrected chi connectivity index (χ0v) is 18.8. The lowest BCUT2D eigenvalue weighted by molar-refractivity contribution is -0.144. The maximum absolute atomic E-state index is 13.1. The number of carbonyl (C=O) groups is 4. The minimum atomic E-state index is -1.39. The average molecular weight is 447 g/mol. The molecule has 32 heavy (non-hydrogen) atoms. The normalized spacial score (nSPS) is 12.5. The van der Waals surface area contributed by atoms with Crippen LogP contribution in [-0.4, -0.2) is 72.8 Å². The number of rotatable bonds is 8. The van der Waals surface area contributed by atoms with Crippen LogP contribution in [0.5, 0.6) is 0 Å². The van der Waals surface area contributed by atoms with E-state index in [1.54, 1.807) is 45.0 Å². The number of ether oxygens (including phenoxy) is 2. The van der Waals surface area contributed by atoms with Crippen LogP contribution in [0.1, 0.15) is 37.9 Å². The molecule has 2 unspecified atom stereocenters. The molecule has 0 bridgehead atoms. The Kier molecular flexibility index (Phi) is 9.69. The monoisotopic (exact) mass is 447 g/mol. The number of nitrogens with one attached hydrogen (secondary N) is 2. The number of hydrogen-bond donors (Lipinski definition) is 3. The number of alkyl carbamates (subject to hydrolysis) is 1. The van der Waals surface area contributed by atoms with Crippen molar-refractivity contribution in [1.82, 2.24) is 15.5 Å². The van der Waals surface area contributed by atoms with Crippen LogP contribution in [0.4, 0.5) is 4.79 Å². The Bertz CT molecular complexity index is 886. The second kappa shape index (κ2) is 11.7. The van der Waals surface area contributed by atoms with E-state index in [4.69, 9.17) is 11.2 Å². The van der Waals surface area contributed by atoms with E-state index < -0.39 is 54.7 Å². The van der Waals surface area contributed by atoms with Crippen LogP contribution in [0.15, 0.2) is 24.3 Å². The van der Waals surface area contributed by atoms with Crippen molar-refractivity contribution in [2.75, 3.05) is 27.3 Å². The molecule has 3 amide bonds. The molecule has 0 heterocycles. The molecular formula is C22H29N3O7. The number of methoxy groups -OCH3 is 1. The highest BCUT2D eigenvalue weighted by atomic mass is 16.6. The maximum Gasteiger partial charge on any atom is 0.408 e. The molecule has 0 saturated carbocycles. The van der Waals surface area contributed by atoms with E-state index in [0.717, 1.165) is 4.90 Å². The van der Waals surface area contributed by atoms with Crippen molar-refractivity contribution < 1.29 is 33.8 Å². The number of aliphatic hydroxyl groups excluding tert-OH is 1. The first-order chi connectivity index (χ1) is 14.9. The number of terminal acetylenes is 1. The fourth-order valence-electron chi connectivity index (χ4n) is 2.73. The topological polar surface area (TPSA) is 134 Å². The molecule has 0 spiro atoms. The quantitative estimate of drug-likeness (QED) is 0.386. The molecular weight excluding hydrogens is 418 g/mol. The Balaban J connectivity index is 3.22. The predicted octanol–water partition coefficient (Wildman–Crippen LogP) is 0.342. The van der Waals surface area contributed by atoms with Gasteiger partial charge in [-0.3, -0.25) is 14.4 Å². The highest BCUT2D eigenvalue weighted by Gasteiger charge is 2.35. The lowest BCUT2D eigenvalue weighted by Gasteiger charge is -2.31. The van der Waals surface area contributed by atoms with Gasteiger partial charge in [0.1, 0.15) is 24.2 Å². The van der Waals surface area contributed by atoms with Crippen molar-refractivity contribution in [3.8, 4) is 12.3 Å². The van der Waals surface area contributed by atoms with Gasteiger partial charge in [0, 0.05) is 12.6 Å². The molecule has 1 rings (SSSR count). The lowest BCUT2D eigenvalue weighted by Crippen LogP contribution is -2.53. The van der Waals surface area contributed by atoms with Crippen molar-refractivity contribution in [3.63, 3.8) is 0 Å². The van der Waals surface area contributed by atoms with Gasteiger partial charge in [0.15, 0.2) is 0 Å². The van der Waals surface area contributed by atoms with Gasteiger partial charge in [-0.25, -0.2) is 4.79 Å². The van der Waals surface area contributed by atoms with Crippen molar-refractivity contribution >= 4 is 23.9 Å². The SMILES string of the molecule is C#Cc1ccccc1C(C(=O)NCC(=O)OC)N(C)C(=O)C(CO)NC(=O)OC(C)(C)C. The second-order valence-electron chi connectivity index (χ2n) is 7.76. The number of benzene rings is 1. The number of aliphatic hydroxyl groups is 1. The van der Waals surface area contributed by atoms with E-state index >= 15 is 0 Å². The highest BCUT2D eigenvalue weighted by Crippen LogP contribution is 2.24. The first-order valence-corrected chi connectivity index (χ1v) is 9.72. The minimum Gasteiger partial charge on any atom is -0.468 e. The van der Waals surface area contributed by atoms with Gasteiger partial charge >= 0.3 is 12.1 Å². The second-order valence-corrected chi connectivity index (χ2v) is 7.76. The molecule has 0 aliphatic rings. The van der Waals surface area contributed by atoms with Gasteiger partial charge < -0.3 is 30.1 Å². The van der Waals surface area contributed by atoms with Crippen LogP contribution >= 0.6 is 0 Å². The van der Waals surface area contributed by atoms with E-state index in [1.165, 1.54) is 14.2 Å². The van der Waals surface area contributed by atoms with Crippen LogP contribution < -0.4 is 10.6 Å². The van der Waals surface area contributed by atoms with Gasteiger partial charge in [-0.2, -0.15) is 0 Å². The highest BCUT2D eigenvalue weighted by molar-refractivity contribution is 5.93. The summed E-state index contributed by atoms with van der Waals surface area (Å²) in [6.45, 7) is 3.77. The molecule has 1 aromatic carbocycles. The van der Waals surface area contributed by atoms with Gasteiger partial charge in [0.2, 0.25) is 11.8 Å². The number of likely N-dealkylation sites (N-methyl/N-ethyl adjacent to an activating group) is 1. The summed E-state index contributed by atoms with van der Waals surface area (Å²) < 4.78 is 9.63. The van der Waals surface area contributed by atoms with E-state index in [9.17, 15) is 24.3 Å². The standard InChI is InChI=1S/C22H29N3O7/c1-7-14-10-8-9-11-15(14)18(19(28)23-12-17(27)31-6)25(5)20(29)16(13-26)24-21(30)32-22(2,3)4/h1,8-11,16,18,26H,12-13H2,2-6H3,(H,23,28)(H,24,30). The molecule has 10 nitrogen and oxygen atoms in total. The van der Waals surface area contributed by atoms with Crippen molar-refractivity contribution in [1.29, 1.82) is 0 Å². The van der Waals surface area contributed by atoms with Gasteiger partial charge in [-0.05, 0) is 32.4 Å². The van der Waals surface area contributed by atoms with E-state index in [1.807, 2.05) is 0 Å². The number of amides is 3. The third-order valence-corrected chi connectivity index (χ3v) is 4.20. The molecule has 0 radical (unpaired) electrons. The van der Waals surface area contributed by atoms with Crippen LogP contribution in [0.3, 0.4) is 0 Å². The summed E-state index contributed by atoms with van der Waals surface area (Å²) >= 11 is 0. The smallest absolute Gasteiger partial charge is 0.408 e. The first-order valence-electron chi connectivity index (χ1n) is 9.72. The molecule has 3 N–H and O–H groups in total. The Hall–Kier alpha value is -3.58. The molecule has 2 atom stereocenters. The molecule has 0 aliphatic heterocycles. The Labute approximate surface area is 187 Å². The van der Waals surface area contributed by atoms with Crippen molar-refractivity contribution in [3.05, 3.63) is 35.4 Å². The fraction of sp³-hybridized carbons (Fsp3) is 0.455. The minimum absolute atomic E-state index is 0.321. The number of carbonyl (C=O) groups excluding carboxylic acids is 4. The summed E-state index contributed by atoms with van der Waals surface area (Å²) in [5.41, 5.74) is -0.144. The molecule has 0 aliphatic carbocycles. The zero-order valence-electron chi connectivity index (χ0n) is 18.8. The van der Waals surface area contributed by atoms with Crippen LogP contribution in [0.2, 0.25) is 0 Å². The molecule has 10 heteroatoms. The Morgan fingerprint density at radius 1 is 1.22 bits per heavy atom. The molecule has 1 aromatic rings. The predicted molar refractivity (Wildman–Crippen MR) is 115 cm³/mol. The summed E-state index contributed by atoms with van der Waals surface area (Å²) in [4.78, 5) is 50.5. The molecule has 0 aromatic heterocycles. The number of esters is 1.